The zero-order valence-corrected chi connectivity index (χ0v) is 19.6. The lowest BCUT2D eigenvalue weighted by Gasteiger charge is -2.28. The Morgan fingerprint density at radius 2 is 1.36 bits per heavy atom. The molecular weight excluding hydrogens is 372 g/mol. The van der Waals surface area contributed by atoms with Gasteiger partial charge in [0.1, 0.15) is 0 Å². The fourth-order valence-electron chi connectivity index (χ4n) is 3.31. The molecule has 164 valence electrons. The number of hydrogen-bond acceptors (Lipinski definition) is 6. The van der Waals surface area contributed by atoms with E-state index >= 15 is 0 Å². The molecule has 1 heterocycles. The monoisotopic (exact) mass is 414 g/mol. The molecule has 1 aromatic rings. The summed E-state index contributed by atoms with van der Waals surface area (Å²) in [5.41, 5.74) is 0. The van der Waals surface area contributed by atoms with Crippen molar-refractivity contribution in [1.82, 2.24) is 20.2 Å². The predicted octanol–water partition coefficient (Wildman–Crippen LogP) is 4.79. The van der Waals surface area contributed by atoms with Crippen LogP contribution >= 0.6 is 0 Å². The van der Waals surface area contributed by atoms with Crippen LogP contribution in [0, 0.1) is 0 Å². The number of unbranched alkanes of at least 4 members (excludes halogenated alkanes) is 7. The third-order valence-electron chi connectivity index (χ3n) is 4.68. The van der Waals surface area contributed by atoms with Crippen molar-refractivity contribution >= 4 is 8.80 Å². The van der Waals surface area contributed by atoms with Crippen LogP contribution in [0.25, 0.3) is 0 Å². The molecule has 0 aromatic carbocycles. The highest BCUT2D eigenvalue weighted by Crippen LogP contribution is 2.20. The molecule has 0 N–H and O–H groups in total. The Hall–Kier alpha value is -0.833. The molecule has 0 saturated heterocycles. The smallest absolute Gasteiger partial charge is 0.374 e. The molecule has 0 fully saturated rings. The van der Waals surface area contributed by atoms with Crippen molar-refractivity contribution in [2.75, 3.05) is 19.8 Å². The van der Waals surface area contributed by atoms with Crippen molar-refractivity contribution in [3.05, 3.63) is 5.82 Å². The molecule has 7 nitrogen and oxygen atoms in total. The first-order chi connectivity index (χ1) is 13.7. The van der Waals surface area contributed by atoms with Gasteiger partial charge in [-0.25, -0.2) is 0 Å². The second-order valence-corrected chi connectivity index (χ2v) is 9.84. The summed E-state index contributed by atoms with van der Waals surface area (Å²) >= 11 is 0. The Bertz CT molecular complexity index is 471. The van der Waals surface area contributed by atoms with Crippen LogP contribution in [-0.4, -0.2) is 48.8 Å². The average molecular weight is 415 g/mol. The Labute approximate surface area is 172 Å². The van der Waals surface area contributed by atoms with Crippen molar-refractivity contribution < 1.29 is 13.3 Å². The van der Waals surface area contributed by atoms with Crippen molar-refractivity contribution in [1.29, 1.82) is 0 Å². The zero-order chi connectivity index (χ0) is 20.5. The molecule has 0 aliphatic rings. The minimum atomic E-state index is -2.48. The molecule has 0 spiro atoms. The van der Waals surface area contributed by atoms with Crippen LogP contribution in [0.3, 0.4) is 0 Å². The highest BCUT2D eigenvalue weighted by Gasteiger charge is 2.39. The summed E-state index contributed by atoms with van der Waals surface area (Å²) in [6, 6.07) is 0.895. The van der Waals surface area contributed by atoms with Gasteiger partial charge in [-0.1, -0.05) is 45.4 Å². The number of hydrogen-bond donors (Lipinski definition) is 0. The minimum Gasteiger partial charge on any atom is -0.374 e. The van der Waals surface area contributed by atoms with Crippen molar-refractivity contribution in [2.45, 2.75) is 104 Å². The molecule has 28 heavy (non-hydrogen) atoms. The van der Waals surface area contributed by atoms with E-state index in [2.05, 4.69) is 22.3 Å². The Morgan fingerprint density at radius 3 is 2.00 bits per heavy atom. The molecule has 1 aromatic heterocycles. The standard InChI is InChI=1S/C20H42N4O3Si/c1-5-9-10-11-14-17-20-21-23-24(22-20)18-15-12-13-16-19-28(25-6-2,26-7-3)27-8-4/h5-19H2,1-4H3. The maximum atomic E-state index is 5.90. The summed E-state index contributed by atoms with van der Waals surface area (Å²) < 4.78 is 17.7. The Balaban J connectivity index is 2.19. The van der Waals surface area contributed by atoms with Gasteiger partial charge in [0.2, 0.25) is 0 Å². The molecule has 1 rings (SSSR count). The maximum Gasteiger partial charge on any atom is 0.500 e. The van der Waals surface area contributed by atoms with Gasteiger partial charge in [0, 0.05) is 32.3 Å². The van der Waals surface area contributed by atoms with E-state index in [-0.39, 0.29) is 0 Å². The van der Waals surface area contributed by atoms with Gasteiger partial charge < -0.3 is 13.3 Å². The molecule has 0 aliphatic carbocycles. The van der Waals surface area contributed by atoms with Gasteiger partial charge in [0.15, 0.2) is 5.82 Å². The summed E-state index contributed by atoms with van der Waals surface area (Å²) in [6.07, 6.45) is 11.7. The van der Waals surface area contributed by atoms with Gasteiger partial charge in [-0.05, 0) is 45.2 Å². The molecule has 0 amide bonds. The van der Waals surface area contributed by atoms with Crippen molar-refractivity contribution in [3.8, 4) is 0 Å². The molecular formula is C20H42N4O3Si. The summed E-state index contributed by atoms with van der Waals surface area (Å²) in [5, 5.41) is 12.9. The highest BCUT2D eigenvalue weighted by molar-refractivity contribution is 6.60. The average Bonchev–Trinajstić information content (AvgIpc) is 3.13. The van der Waals surface area contributed by atoms with E-state index in [0.717, 1.165) is 56.9 Å². The van der Waals surface area contributed by atoms with E-state index in [1.807, 2.05) is 20.8 Å². The lowest BCUT2D eigenvalue weighted by atomic mass is 10.1. The van der Waals surface area contributed by atoms with E-state index in [0.29, 0.717) is 19.8 Å². The van der Waals surface area contributed by atoms with Crippen LogP contribution in [0.15, 0.2) is 0 Å². The second kappa shape index (κ2) is 16.0. The van der Waals surface area contributed by atoms with Crippen LogP contribution in [0.5, 0.6) is 0 Å². The minimum absolute atomic E-state index is 0.644. The molecule has 0 saturated carbocycles. The summed E-state index contributed by atoms with van der Waals surface area (Å²) in [5.74, 6) is 0.887. The number of nitrogens with zero attached hydrogens (tertiary/aromatic N) is 4. The third-order valence-corrected chi connectivity index (χ3v) is 7.83. The van der Waals surface area contributed by atoms with Crippen LogP contribution in [0.2, 0.25) is 6.04 Å². The predicted molar refractivity (Wildman–Crippen MR) is 114 cm³/mol. The van der Waals surface area contributed by atoms with Crippen molar-refractivity contribution in [3.63, 3.8) is 0 Å². The van der Waals surface area contributed by atoms with Crippen molar-refractivity contribution in [2.24, 2.45) is 0 Å². The lowest BCUT2D eigenvalue weighted by Crippen LogP contribution is -2.45. The summed E-state index contributed by atoms with van der Waals surface area (Å²) in [4.78, 5) is 1.75. The summed E-state index contributed by atoms with van der Waals surface area (Å²) in [7, 11) is -2.48. The van der Waals surface area contributed by atoms with Crippen LogP contribution in [0.1, 0.15) is 91.3 Å². The van der Waals surface area contributed by atoms with E-state index < -0.39 is 8.80 Å². The van der Waals surface area contributed by atoms with E-state index in [1.54, 1.807) is 4.80 Å². The van der Waals surface area contributed by atoms with Gasteiger partial charge in [0.25, 0.3) is 0 Å². The van der Waals surface area contributed by atoms with Gasteiger partial charge in [0.05, 0.1) is 6.54 Å². The molecule has 0 unspecified atom stereocenters. The van der Waals surface area contributed by atoms with Gasteiger partial charge in [-0.15, -0.1) is 10.2 Å². The fraction of sp³-hybridized carbons (Fsp3) is 0.950. The first-order valence-corrected chi connectivity index (χ1v) is 13.3. The van der Waals surface area contributed by atoms with Crippen LogP contribution in [-0.2, 0) is 26.2 Å². The zero-order valence-electron chi connectivity index (χ0n) is 18.6. The molecule has 0 atom stereocenters. The number of tetrazole rings is 1. The number of rotatable bonds is 19. The van der Waals surface area contributed by atoms with Crippen LogP contribution < -0.4 is 0 Å². The first-order valence-electron chi connectivity index (χ1n) is 11.4. The quantitative estimate of drug-likeness (QED) is 0.239. The number of aromatic nitrogens is 4. The Morgan fingerprint density at radius 1 is 0.750 bits per heavy atom. The normalized spacial score (nSPS) is 12.0. The molecule has 0 bridgehead atoms. The SMILES string of the molecule is CCCCCCCc1nnn(CCCCCC[Si](OCC)(OCC)OCC)n1. The fourth-order valence-corrected chi connectivity index (χ4v) is 5.99. The van der Waals surface area contributed by atoms with Crippen LogP contribution in [0.4, 0.5) is 0 Å². The maximum absolute atomic E-state index is 5.90. The van der Waals surface area contributed by atoms with E-state index in [9.17, 15) is 0 Å². The Kier molecular flexibility index (Phi) is 14.4. The molecule has 8 heteroatoms. The highest BCUT2D eigenvalue weighted by atomic mass is 28.4. The lowest BCUT2D eigenvalue weighted by molar-refractivity contribution is 0.0706. The van der Waals surface area contributed by atoms with E-state index in [1.165, 1.54) is 25.7 Å². The van der Waals surface area contributed by atoms with Gasteiger partial charge in [-0.2, -0.15) is 4.80 Å². The van der Waals surface area contributed by atoms with Gasteiger partial charge >= 0.3 is 8.80 Å². The second-order valence-electron chi connectivity index (χ2n) is 7.11. The topological polar surface area (TPSA) is 71.3 Å². The largest absolute Gasteiger partial charge is 0.500 e. The van der Waals surface area contributed by atoms with Gasteiger partial charge in [-0.3, -0.25) is 0 Å². The third kappa shape index (κ3) is 10.6. The molecule has 0 aliphatic heterocycles. The summed E-state index contributed by atoms with van der Waals surface area (Å²) in [6.45, 7) is 11.0. The van der Waals surface area contributed by atoms with E-state index in [4.69, 9.17) is 13.3 Å². The number of aryl methyl sites for hydroxylation is 2. The first kappa shape index (κ1) is 25.2. The molecule has 0 radical (unpaired) electrons.